The third-order valence-corrected chi connectivity index (χ3v) is 3.82. The first-order valence-corrected chi connectivity index (χ1v) is 7.24. The van der Waals surface area contributed by atoms with Gasteiger partial charge in [0.25, 0.3) is 0 Å². The van der Waals surface area contributed by atoms with Gasteiger partial charge in [-0.15, -0.1) is 0 Å². The second-order valence-corrected chi connectivity index (χ2v) is 5.23. The molecular weight excluding hydrogens is 240 g/mol. The molecule has 1 aromatic rings. The Bertz CT molecular complexity index is 385. The number of aliphatic hydroxyl groups is 1. The maximum Gasteiger partial charge on any atom is 0.131 e. The first-order valence-electron chi connectivity index (χ1n) is 7.24. The smallest absolute Gasteiger partial charge is 0.131 e. The zero-order valence-electron chi connectivity index (χ0n) is 11.6. The van der Waals surface area contributed by atoms with Gasteiger partial charge in [0.1, 0.15) is 18.0 Å². The average molecular weight is 264 g/mol. The highest BCUT2D eigenvalue weighted by Crippen LogP contribution is 2.31. The van der Waals surface area contributed by atoms with Crippen LogP contribution in [0, 0.1) is 11.8 Å². The van der Waals surface area contributed by atoms with E-state index in [2.05, 4.69) is 27.5 Å². The molecule has 0 amide bonds. The van der Waals surface area contributed by atoms with Crippen LogP contribution >= 0.6 is 0 Å². The van der Waals surface area contributed by atoms with Gasteiger partial charge in [-0.05, 0) is 31.1 Å². The van der Waals surface area contributed by atoms with Gasteiger partial charge in [-0.1, -0.05) is 13.3 Å². The van der Waals surface area contributed by atoms with Crippen molar-refractivity contribution in [2.24, 2.45) is 11.8 Å². The molecule has 0 saturated heterocycles. The van der Waals surface area contributed by atoms with E-state index in [-0.39, 0.29) is 0 Å². The number of hydrogen-bond acceptors (Lipinski definition) is 5. The molecule has 1 aliphatic rings. The van der Waals surface area contributed by atoms with Crippen LogP contribution in [0.2, 0.25) is 0 Å². The van der Waals surface area contributed by atoms with E-state index in [9.17, 15) is 5.11 Å². The lowest BCUT2D eigenvalue weighted by Crippen LogP contribution is -2.21. The molecule has 1 aromatic heterocycles. The van der Waals surface area contributed by atoms with Crippen LogP contribution in [0.25, 0.3) is 0 Å². The number of nitrogens with zero attached hydrogens (tertiary/aromatic N) is 2. The van der Waals surface area contributed by atoms with Crippen LogP contribution < -0.4 is 10.6 Å². The molecule has 19 heavy (non-hydrogen) atoms. The molecule has 1 aliphatic carbocycles. The third kappa shape index (κ3) is 4.06. The van der Waals surface area contributed by atoms with Gasteiger partial charge in [-0.25, -0.2) is 9.97 Å². The molecule has 1 saturated carbocycles. The largest absolute Gasteiger partial charge is 0.396 e. The van der Waals surface area contributed by atoms with Crippen molar-refractivity contribution in [3.05, 3.63) is 12.4 Å². The monoisotopic (exact) mass is 264 g/mol. The molecule has 2 unspecified atom stereocenters. The summed E-state index contributed by atoms with van der Waals surface area (Å²) in [5, 5.41) is 15.9. The van der Waals surface area contributed by atoms with Crippen molar-refractivity contribution in [3.63, 3.8) is 0 Å². The highest BCUT2D eigenvalue weighted by Gasteiger charge is 2.26. The molecule has 3 N–H and O–H groups in total. The number of rotatable bonds is 7. The van der Waals surface area contributed by atoms with Gasteiger partial charge >= 0.3 is 0 Å². The van der Waals surface area contributed by atoms with E-state index in [0.29, 0.717) is 18.4 Å². The zero-order chi connectivity index (χ0) is 13.5. The first kappa shape index (κ1) is 14.1. The fourth-order valence-electron chi connectivity index (χ4n) is 2.66. The third-order valence-electron chi connectivity index (χ3n) is 3.82. The standard InChI is InChI=1S/C14H24N4O/c1-2-6-15-13-7-14(18-10-17-13)16-8-11-4-3-5-12(11)9-19/h7,10-12,19H,2-6,8-9H2,1H3,(H2,15,16,17,18). The van der Waals surface area contributed by atoms with Crippen LogP contribution in [-0.4, -0.2) is 34.8 Å². The van der Waals surface area contributed by atoms with E-state index in [0.717, 1.165) is 37.6 Å². The summed E-state index contributed by atoms with van der Waals surface area (Å²) in [7, 11) is 0. The molecule has 2 rings (SSSR count). The van der Waals surface area contributed by atoms with Crippen LogP contribution in [0.1, 0.15) is 32.6 Å². The minimum atomic E-state index is 0.305. The number of hydrogen-bond donors (Lipinski definition) is 3. The maximum absolute atomic E-state index is 9.31. The van der Waals surface area contributed by atoms with Crippen LogP contribution in [0.15, 0.2) is 12.4 Å². The molecule has 0 aliphatic heterocycles. The summed E-state index contributed by atoms with van der Waals surface area (Å²) in [6.45, 7) is 4.24. The zero-order valence-corrected chi connectivity index (χ0v) is 11.6. The lowest BCUT2D eigenvalue weighted by molar-refractivity contribution is 0.199. The van der Waals surface area contributed by atoms with E-state index in [1.807, 2.05) is 6.07 Å². The predicted octanol–water partition coefficient (Wildman–Crippen LogP) is 2.12. The summed E-state index contributed by atoms with van der Waals surface area (Å²) >= 11 is 0. The van der Waals surface area contributed by atoms with Crippen molar-refractivity contribution in [1.82, 2.24) is 9.97 Å². The minimum absolute atomic E-state index is 0.305. The number of nitrogens with one attached hydrogen (secondary N) is 2. The summed E-state index contributed by atoms with van der Waals surface area (Å²) in [5.41, 5.74) is 0. The van der Waals surface area contributed by atoms with Gasteiger partial charge in [0, 0.05) is 25.8 Å². The molecule has 1 heterocycles. The predicted molar refractivity (Wildman–Crippen MR) is 77.2 cm³/mol. The van der Waals surface area contributed by atoms with Crippen molar-refractivity contribution >= 4 is 11.6 Å². The Labute approximate surface area is 114 Å². The van der Waals surface area contributed by atoms with Crippen molar-refractivity contribution < 1.29 is 5.11 Å². The highest BCUT2D eigenvalue weighted by molar-refractivity contribution is 5.46. The molecule has 0 spiro atoms. The fourth-order valence-corrected chi connectivity index (χ4v) is 2.66. The topological polar surface area (TPSA) is 70.1 Å². The summed E-state index contributed by atoms with van der Waals surface area (Å²) in [6.07, 6.45) is 6.23. The second-order valence-electron chi connectivity index (χ2n) is 5.23. The Kier molecular flexibility index (Phi) is 5.39. The number of aromatic nitrogens is 2. The lowest BCUT2D eigenvalue weighted by atomic mass is 9.97. The van der Waals surface area contributed by atoms with Crippen molar-refractivity contribution in [3.8, 4) is 0 Å². The Morgan fingerprint density at radius 3 is 2.68 bits per heavy atom. The van der Waals surface area contributed by atoms with Gasteiger partial charge in [0.2, 0.25) is 0 Å². The highest BCUT2D eigenvalue weighted by atomic mass is 16.3. The summed E-state index contributed by atoms with van der Waals surface area (Å²) in [4.78, 5) is 8.42. The van der Waals surface area contributed by atoms with Gasteiger partial charge < -0.3 is 15.7 Å². The van der Waals surface area contributed by atoms with Crippen LogP contribution in [-0.2, 0) is 0 Å². The summed E-state index contributed by atoms with van der Waals surface area (Å²) in [6, 6.07) is 1.94. The molecule has 0 bridgehead atoms. The fraction of sp³-hybridized carbons (Fsp3) is 0.714. The number of anilines is 2. The Hall–Kier alpha value is -1.36. The minimum Gasteiger partial charge on any atom is -0.396 e. The summed E-state index contributed by atoms with van der Waals surface area (Å²) in [5.74, 6) is 2.74. The Morgan fingerprint density at radius 1 is 1.21 bits per heavy atom. The van der Waals surface area contributed by atoms with Crippen LogP contribution in [0.4, 0.5) is 11.6 Å². The Balaban J connectivity index is 1.85. The van der Waals surface area contributed by atoms with Crippen molar-refractivity contribution in [2.75, 3.05) is 30.3 Å². The molecule has 5 nitrogen and oxygen atoms in total. The SMILES string of the molecule is CCCNc1cc(NCC2CCCC2CO)ncn1. The molecule has 0 radical (unpaired) electrons. The van der Waals surface area contributed by atoms with Gasteiger partial charge in [0.05, 0.1) is 0 Å². The van der Waals surface area contributed by atoms with Crippen LogP contribution in [0.3, 0.4) is 0 Å². The van der Waals surface area contributed by atoms with Crippen molar-refractivity contribution in [2.45, 2.75) is 32.6 Å². The first-order chi connectivity index (χ1) is 9.33. The van der Waals surface area contributed by atoms with Gasteiger partial charge in [-0.3, -0.25) is 0 Å². The number of aliphatic hydroxyl groups excluding tert-OH is 1. The van der Waals surface area contributed by atoms with E-state index in [1.54, 1.807) is 6.33 Å². The lowest BCUT2D eigenvalue weighted by Gasteiger charge is -2.18. The summed E-state index contributed by atoms with van der Waals surface area (Å²) < 4.78 is 0. The van der Waals surface area contributed by atoms with E-state index < -0.39 is 0 Å². The normalized spacial score (nSPS) is 22.4. The molecule has 0 aromatic carbocycles. The van der Waals surface area contributed by atoms with E-state index in [1.165, 1.54) is 12.8 Å². The van der Waals surface area contributed by atoms with Crippen LogP contribution in [0.5, 0.6) is 0 Å². The molecular formula is C14H24N4O. The molecule has 5 heteroatoms. The Morgan fingerprint density at radius 2 is 1.95 bits per heavy atom. The molecule has 2 atom stereocenters. The maximum atomic E-state index is 9.31. The molecule has 1 fully saturated rings. The van der Waals surface area contributed by atoms with Gasteiger partial charge in [-0.2, -0.15) is 0 Å². The molecule has 106 valence electrons. The van der Waals surface area contributed by atoms with E-state index in [4.69, 9.17) is 0 Å². The quantitative estimate of drug-likeness (QED) is 0.703. The van der Waals surface area contributed by atoms with Crippen molar-refractivity contribution in [1.29, 1.82) is 0 Å². The second kappa shape index (κ2) is 7.28. The average Bonchev–Trinajstić information content (AvgIpc) is 2.91. The van der Waals surface area contributed by atoms with Gasteiger partial charge in [0.15, 0.2) is 0 Å². The van der Waals surface area contributed by atoms with E-state index >= 15 is 0 Å².